The van der Waals surface area contributed by atoms with Crippen LogP contribution in [0.25, 0.3) is 5.69 Å². The highest BCUT2D eigenvalue weighted by Crippen LogP contribution is 2.16. The van der Waals surface area contributed by atoms with Crippen molar-refractivity contribution in [3.63, 3.8) is 0 Å². The molecule has 0 aliphatic rings. The van der Waals surface area contributed by atoms with Crippen LogP contribution in [0.4, 0.5) is 0 Å². The second-order valence-electron chi connectivity index (χ2n) is 6.62. The van der Waals surface area contributed by atoms with Crippen LogP contribution in [0.15, 0.2) is 47.7 Å². The van der Waals surface area contributed by atoms with Gasteiger partial charge < -0.3 is 16.0 Å². The summed E-state index contributed by atoms with van der Waals surface area (Å²) in [5, 5.41) is 13.8. The maximum absolute atomic E-state index is 11.6. The van der Waals surface area contributed by atoms with Gasteiger partial charge in [0.2, 0.25) is 5.91 Å². The van der Waals surface area contributed by atoms with Crippen LogP contribution in [0.3, 0.4) is 0 Å². The maximum Gasteiger partial charge on any atom is 0.222 e. The van der Waals surface area contributed by atoms with Crippen LogP contribution in [-0.4, -0.2) is 41.3 Å². The van der Waals surface area contributed by atoms with Crippen molar-refractivity contribution in [2.75, 3.05) is 19.6 Å². The van der Waals surface area contributed by atoms with Gasteiger partial charge in [0.05, 0.1) is 18.3 Å². The summed E-state index contributed by atoms with van der Waals surface area (Å²) in [7, 11) is 0. The third-order valence-electron chi connectivity index (χ3n) is 4.04. The third-order valence-corrected chi connectivity index (χ3v) is 4.04. The monoisotopic (exact) mass is 498 g/mol. The second kappa shape index (κ2) is 12.4. The zero-order valence-electron chi connectivity index (χ0n) is 17.0. The van der Waals surface area contributed by atoms with Gasteiger partial charge in [0.1, 0.15) is 0 Å². The Balaban J connectivity index is 0.00000392. The number of rotatable bonds is 8. The van der Waals surface area contributed by atoms with Crippen LogP contribution in [0, 0.1) is 5.92 Å². The number of halogens is 1. The molecule has 2 aromatic rings. The number of amides is 1. The number of benzene rings is 1. The van der Waals surface area contributed by atoms with E-state index in [1.807, 2.05) is 49.8 Å². The molecule has 0 saturated heterocycles. The van der Waals surface area contributed by atoms with Gasteiger partial charge in [0.15, 0.2) is 5.96 Å². The number of aromatic nitrogens is 2. The first-order chi connectivity index (χ1) is 13.0. The van der Waals surface area contributed by atoms with E-state index in [1.54, 1.807) is 6.20 Å². The SMILES string of the molecule is CCNC(=NCCNC(=O)C(C)C)NC(C)c1cccc(-n2cccn2)c1.I. The fourth-order valence-corrected chi connectivity index (χ4v) is 2.52. The van der Waals surface area contributed by atoms with Crippen LogP contribution in [-0.2, 0) is 4.79 Å². The van der Waals surface area contributed by atoms with E-state index in [2.05, 4.69) is 45.1 Å². The Hall–Kier alpha value is -2.10. The molecule has 0 bridgehead atoms. The molecule has 154 valence electrons. The zero-order valence-corrected chi connectivity index (χ0v) is 19.3. The summed E-state index contributed by atoms with van der Waals surface area (Å²) < 4.78 is 1.84. The number of hydrogen-bond donors (Lipinski definition) is 3. The van der Waals surface area contributed by atoms with Gasteiger partial charge in [0.25, 0.3) is 0 Å². The molecule has 1 atom stereocenters. The number of nitrogens with one attached hydrogen (secondary N) is 3. The van der Waals surface area contributed by atoms with Crippen molar-refractivity contribution < 1.29 is 4.79 Å². The fraction of sp³-hybridized carbons (Fsp3) is 0.450. The van der Waals surface area contributed by atoms with Gasteiger partial charge in [-0.05, 0) is 37.6 Å². The van der Waals surface area contributed by atoms with Crippen molar-refractivity contribution in [3.8, 4) is 5.69 Å². The van der Waals surface area contributed by atoms with Crippen molar-refractivity contribution in [1.29, 1.82) is 0 Å². The molecular formula is C20H31IN6O. The molecule has 1 unspecified atom stereocenters. The summed E-state index contributed by atoms with van der Waals surface area (Å²) in [6, 6.07) is 10.2. The predicted molar refractivity (Wildman–Crippen MR) is 124 cm³/mol. The fourth-order valence-electron chi connectivity index (χ4n) is 2.52. The molecule has 0 saturated carbocycles. The van der Waals surface area contributed by atoms with Gasteiger partial charge in [-0.15, -0.1) is 24.0 Å². The van der Waals surface area contributed by atoms with Gasteiger partial charge in [0, 0.05) is 31.4 Å². The first kappa shape index (κ1) is 23.9. The van der Waals surface area contributed by atoms with Gasteiger partial charge in [-0.25, -0.2) is 4.68 Å². The lowest BCUT2D eigenvalue weighted by Gasteiger charge is -2.19. The lowest BCUT2D eigenvalue weighted by atomic mass is 10.1. The Kier molecular flexibility index (Phi) is 10.6. The zero-order chi connectivity index (χ0) is 19.6. The summed E-state index contributed by atoms with van der Waals surface area (Å²) in [5.74, 6) is 0.766. The highest BCUT2D eigenvalue weighted by atomic mass is 127. The Bertz CT molecular complexity index is 745. The van der Waals surface area contributed by atoms with Crippen LogP contribution in [0.2, 0.25) is 0 Å². The summed E-state index contributed by atoms with van der Waals surface area (Å²) in [4.78, 5) is 16.2. The minimum atomic E-state index is -0.0116. The largest absolute Gasteiger partial charge is 0.357 e. The first-order valence-corrected chi connectivity index (χ1v) is 9.43. The molecule has 7 nitrogen and oxygen atoms in total. The van der Waals surface area contributed by atoms with E-state index in [9.17, 15) is 4.79 Å². The molecule has 0 spiro atoms. The molecule has 1 amide bonds. The summed E-state index contributed by atoms with van der Waals surface area (Å²) >= 11 is 0. The van der Waals surface area contributed by atoms with E-state index in [0.717, 1.165) is 23.8 Å². The first-order valence-electron chi connectivity index (χ1n) is 9.43. The average Bonchev–Trinajstić information content (AvgIpc) is 3.20. The minimum absolute atomic E-state index is 0. The molecule has 0 aliphatic heterocycles. The number of carbonyl (C=O) groups excluding carboxylic acids is 1. The number of carbonyl (C=O) groups is 1. The van der Waals surface area contributed by atoms with E-state index >= 15 is 0 Å². The number of aliphatic imine (C=N–C) groups is 1. The van der Waals surface area contributed by atoms with Gasteiger partial charge in [-0.3, -0.25) is 9.79 Å². The van der Waals surface area contributed by atoms with Crippen LogP contribution >= 0.6 is 24.0 Å². The molecule has 8 heteroatoms. The van der Waals surface area contributed by atoms with Gasteiger partial charge in [-0.1, -0.05) is 26.0 Å². The summed E-state index contributed by atoms with van der Waals surface area (Å²) in [6.45, 7) is 9.69. The Morgan fingerprint density at radius 1 is 1.21 bits per heavy atom. The van der Waals surface area contributed by atoms with Crippen molar-refractivity contribution in [3.05, 3.63) is 48.3 Å². The van der Waals surface area contributed by atoms with E-state index in [1.165, 1.54) is 0 Å². The van der Waals surface area contributed by atoms with Crippen LogP contribution in [0.1, 0.15) is 39.3 Å². The minimum Gasteiger partial charge on any atom is -0.357 e. The van der Waals surface area contributed by atoms with Gasteiger partial charge in [-0.2, -0.15) is 5.10 Å². The molecule has 3 N–H and O–H groups in total. The number of nitrogens with zero attached hydrogens (tertiary/aromatic N) is 3. The Labute approximate surface area is 184 Å². The quantitative estimate of drug-likeness (QED) is 0.226. The van der Waals surface area contributed by atoms with E-state index < -0.39 is 0 Å². The predicted octanol–water partition coefficient (Wildman–Crippen LogP) is 2.88. The maximum atomic E-state index is 11.6. The smallest absolute Gasteiger partial charge is 0.222 e. The van der Waals surface area contributed by atoms with Crippen molar-refractivity contribution in [2.24, 2.45) is 10.9 Å². The number of guanidine groups is 1. The van der Waals surface area contributed by atoms with E-state index in [4.69, 9.17) is 0 Å². The molecule has 0 aliphatic carbocycles. The molecule has 2 rings (SSSR count). The van der Waals surface area contributed by atoms with E-state index in [-0.39, 0.29) is 41.8 Å². The van der Waals surface area contributed by atoms with Crippen LogP contribution < -0.4 is 16.0 Å². The molecule has 0 fully saturated rings. The molecule has 1 aromatic carbocycles. The normalized spacial score (nSPS) is 12.2. The number of hydrogen-bond acceptors (Lipinski definition) is 3. The lowest BCUT2D eigenvalue weighted by molar-refractivity contribution is -0.123. The molecule has 28 heavy (non-hydrogen) atoms. The standard InChI is InChI=1S/C20H30N6O.HI/c1-5-21-20(23-12-11-22-19(27)15(2)3)25-16(4)17-8-6-9-18(14-17)26-13-7-10-24-26;/h6-10,13-16H,5,11-12H2,1-4H3,(H,22,27)(H2,21,23,25);1H. The van der Waals surface area contributed by atoms with Crippen molar-refractivity contribution >= 4 is 35.8 Å². The second-order valence-corrected chi connectivity index (χ2v) is 6.62. The van der Waals surface area contributed by atoms with E-state index in [0.29, 0.717) is 13.1 Å². The Morgan fingerprint density at radius 3 is 2.64 bits per heavy atom. The molecule has 1 heterocycles. The Morgan fingerprint density at radius 2 is 2.00 bits per heavy atom. The summed E-state index contributed by atoms with van der Waals surface area (Å²) in [6.07, 6.45) is 3.69. The molecule has 1 aromatic heterocycles. The highest BCUT2D eigenvalue weighted by Gasteiger charge is 2.09. The van der Waals surface area contributed by atoms with Crippen LogP contribution in [0.5, 0.6) is 0 Å². The summed E-state index contributed by atoms with van der Waals surface area (Å²) in [5.41, 5.74) is 2.16. The topological polar surface area (TPSA) is 83.3 Å². The lowest BCUT2D eigenvalue weighted by Crippen LogP contribution is -2.39. The molecular weight excluding hydrogens is 467 g/mol. The third kappa shape index (κ3) is 7.49. The average molecular weight is 498 g/mol. The van der Waals surface area contributed by atoms with Gasteiger partial charge >= 0.3 is 0 Å². The van der Waals surface area contributed by atoms with Crippen molar-refractivity contribution in [2.45, 2.75) is 33.7 Å². The van der Waals surface area contributed by atoms with Crippen molar-refractivity contribution in [1.82, 2.24) is 25.7 Å². The highest BCUT2D eigenvalue weighted by molar-refractivity contribution is 14.0. The molecule has 0 radical (unpaired) electrons.